The van der Waals surface area contributed by atoms with E-state index < -0.39 is 4.92 Å². The maximum atomic E-state index is 10.9. The zero-order chi connectivity index (χ0) is 15.6. The van der Waals surface area contributed by atoms with Crippen LogP contribution in [0.3, 0.4) is 0 Å². The van der Waals surface area contributed by atoms with Crippen molar-refractivity contribution in [2.45, 2.75) is 19.9 Å². The summed E-state index contributed by atoms with van der Waals surface area (Å²) in [7, 11) is 0. The molecular formula is C15H15ClN2O3. The van der Waals surface area contributed by atoms with Crippen LogP contribution in [0.2, 0.25) is 5.02 Å². The normalized spacial score (nSPS) is 12.0. The molecule has 1 unspecified atom stereocenters. The molecule has 2 rings (SSSR count). The minimum absolute atomic E-state index is 0.0100. The van der Waals surface area contributed by atoms with Gasteiger partial charge in [-0.1, -0.05) is 23.7 Å². The van der Waals surface area contributed by atoms with Crippen LogP contribution in [0.5, 0.6) is 11.5 Å². The highest BCUT2D eigenvalue weighted by molar-refractivity contribution is 6.32. The van der Waals surface area contributed by atoms with Crippen molar-refractivity contribution in [3.8, 4) is 11.5 Å². The number of rotatable bonds is 4. The standard InChI is InChI=1S/C15H15ClN2O3/c1-9-13(18(19)20)4-3-5-14(9)21-15-7-6-11(10(2)17)8-12(15)16/h3-8,10H,17H2,1-2H3. The molecule has 0 aliphatic rings. The van der Waals surface area contributed by atoms with Crippen molar-refractivity contribution >= 4 is 17.3 Å². The van der Waals surface area contributed by atoms with E-state index in [9.17, 15) is 10.1 Å². The van der Waals surface area contributed by atoms with E-state index >= 15 is 0 Å². The van der Waals surface area contributed by atoms with Crippen molar-refractivity contribution in [1.29, 1.82) is 0 Å². The summed E-state index contributed by atoms with van der Waals surface area (Å²) in [6.07, 6.45) is 0. The summed E-state index contributed by atoms with van der Waals surface area (Å²) >= 11 is 6.16. The topological polar surface area (TPSA) is 78.4 Å². The summed E-state index contributed by atoms with van der Waals surface area (Å²) in [6.45, 7) is 3.49. The average molecular weight is 307 g/mol. The highest BCUT2D eigenvalue weighted by Crippen LogP contribution is 2.35. The number of hydrogen-bond donors (Lipinski definition) is 1. The second kappa shape index (κ2) is 6.11. The van der Waals surface area contributed by atoms with Crippen LogP contribution in [0.1, 0.15) is 24.1 Å². The average Bonchev–Trinajstić information content (AvgIpc) is 2.42. The van der Waals surface area contributed by atoms with E-state index in [1.165, 1.54) is 6.07 Å². The number of hydrogen-bond acceptors (Lipinski definition) is 4. The maximum Gasteiger partial charge on any atom is 0.276 e. The van der Waals surface area contributed by atoms with Gasteiger partial charge in [-0.3, -0.25) is 10.1 Å². The minimum atomic E-state index is -0.441. The van der Waals surface area contributed by atoms with E-state index in [4.69, 9.17) is 22.1 Å². The molecule has 2 N–H and O–H groups in total. The predicted octanol–water partition coefficient (Wildman–Crippen LogP) is 4.37. The molecule has 5 nitrogen and oxygen atoms in total. The summed E-state index contributed by atoms with van der Waals surface area (Å²) in [5.74, 6) is 0.837. The van der Waals surface area contributed by atoms with Crippen LogP contribution < -0.4 is 10.5 Å². The van der Waals surface area contributed by atoms with E-state index in [1.54, 1.807) is 31.2 Å². The van der Waals surface area contributed by atoms with Crippen LogP contribution in [0.25, 0.3) is 0 Å². The Balaban J connectivity index is 2.35. The van der Waals surface area contributed by atoms with E-state index in [2.05, 4.69) is 0 Å². The molecule has 2 aromatic rings. The lowest BCUT2D eigenvalue weighted by molar-refractivity contribution is -0.385. The van der Waals surface area contributed by atoms with Gasteiger partial charge in [0, 0.05) is 12.1 Å². The molecule has 0 radical (unpaired) electrons. The molecule has 0 amide bonds. The first-order valence-electron chi connectivity index (χ1n) is 6.37. The quantitative estimate of drug-likeness (QED) is 0.672. The molecule has 110 valence electrons. The van der Waals surface area contributed by atoms with Crippen molar-refractivity contribution in [2.75, 3.05) is 0 Å². The van der Waals surface area contributed by atoms with Gasteiger partial charge < -0.3 is 10.5 Å². The first-order valence-corrected chi connectivity index (χ1v) is 6.75. The number of nitrogens with two attached hydrogens (primary N) is 1. The molecule has 21 heavy (non-hydrogen) atoms. The molecule has 6 heteroatoms. The van der Waals surface area contributed by atoms with Crippen molar-refractivity contribution in [3.05, 3.63) is 62.7 Å². The Morgan fingerprint density at radius 2 is 2.00 bits per heavy atom. The zero-order valence-electron chi connectivity index (χ0n) is 11.7. The summed E-state index contributed by atoms with van der Waals surface area (Å²) in [4.78, 5) is 10.5. The van der Waals surface area contributed by atoms with Crippen LogP contribution in [0.4, 0.5) is 5.69 Å². The maximum absolute atomic E-state index is 10.9. The molecule has 0 aliphatic carbocycles. The predicted molar refractivity (Wildman–Crippen MR) is 82.0 cm³/mol. The molecule has 0 saturated heterocycles. The molecule has 0 saturated carbocycles. The van der Waals surface area contributed by atoms with E-state index in [0.29, 0.717) is 22.1 Å². The number of ether oxygens (including phenoxy) is 1. The monoisotopic (exact) mass is 306 g/mol. The fourth-order valence-corrected chi connectivity index (χ4v) is 2.14. The molecule has 0 heterocycles. The first-order chi connectivity index (χ1) is 9.90. The third-order valence-corrected chi connectivity index (χ3v) is 3.45. The molecule has 0 fully saturated rings. The van der Waals surface area contributed by atoms with Gasteiger partial charge in [0.2, 0.25) is 0 Å². The number of nitrogens with zero attached hydrogens (tertiary/aromatic N) is 1. The van der Waals surface area contributed by atoms with Gasteiger partial charge in [-0.25, -0.2) is 0 Å². The zero-order valence-corrected chi connectivity index (χ0v) is 12.4. The number of nitro benzene ring substituents is 1. The van der Waals surface area contributed by atoms with Crippen molar-refractivity contribution in [3.63, 3.8) is 0 Å². The van der Waals surface area contributed by atoms with Gasteiger partial charge in [-0.05, 0) is 37.6 Å². The summed E-state index contributed by atoms with van der Waals surface area (Å²) < 4.78 is 5.69. The lowest BCUT2D eigenvalue weighted by atomic mass is 10.1. The fraction of sp³-hybridized carbons (Fsp3) is 0.200. The van der Waals surface area contributed by atoms with Gasteiger partial charge in [0.15, 0.2) is 0 Å². The number of halogens is 1. The first kappa shape index (κ1) is 15.3. The van der Waals surface area contributed by atoms with Crippen molar-refractivity contribution < 1.29 is 9.66 Å². The Morgan fingerprint density at radius 3 is 2.57 bits per heavy atom. The van der Waals surface area contributed by atoms with Crippen molar-refractivity contribution in [1.82, 2.24) is 0 Å². The van der Waals surface area contributed by atoms with Gasteiger partial charge in [-0.2, -0.15) is 0 Å². The number of benzene rings is 2. The molecule has 1 atom stereocenters. The third-order valence-electron chi connectivity index (χ3n) is 3.15. The Labute approximate surface area is 127 Å². The molecule has 0 spiro atoms. The summed E-state index contributed by atoms with van der Waals surface area (Å²) in [5, 5.41) is 11.3. The van der Waals surface area contributed by atoms with Gasteiger partial charge in [0.1, 0.15) is 11.5 Å². The molecular weight excluding hydrogens is 292 g/mol. The molecule has 2 aromatic carbocycles. The second-order valence-corrected chi connectivity index (χ2v) is 5.15. The Hall–Kier alpha value is -2.11. The van der Waals surface area contributed by atoms with Gasteiger partial charge in [0.25, 0.3) is 5.69 Å². The van der Waals surface area contributed by atoms with Gasteiger partial charge in [0.05, 0.1) is 15.5 Å². The highest BCUT2D eigenvalue weighted by atomic mass is 35.5. The van der Waals surface area contributed by atoms with Gasteiger partial charge >= 0.3 is 0 Å². The Bertz CT molecular complexity index is 687. The summed E-state index contributed by atoms with van der Waals surface area (Å²) in [5.41, 5.74) is 7.14. The van der Waals surface area contributed by atoms with E-state index in [1.807, 2.05) is 13.0 Å². The molecule has 0 aromatic heterocycles. The second-order valence-electron chi connectivity index (χ2n) is 4.74. The lowest BCUT2D eigenvalue weighted by Gasteiger charge is -2.12. The molecule has 0 aliphatic heterocycles. The Morgan fingerprint density at radius 1 is 1.29 bits per heavy atom. The minimum Gasteiger partial charge on any atom is -0.455 e. The SMILES string of the molecule is Cc1c(Oc2ccc(C(C)N)cc2Cl)cccc1[N+](=O)[O-]. The Kier molecular flexibility index (Phi) is 4.45. The lowest BCUT2D eigenvalue weighted by Crippen LogP contribution is -2.04. The number of nitro groups is 1. The third kappa shape index (κ3) is 3.32. The fourth-order valence-electron chi connectivity index (χ4n) is 1.91. The van der Waals surface area contributed by atoms with E-state index in [0.717, 1.165) is 5.56 Å². The van der Waals surface area contributed by atoms with Crippen LogP contribution in [0.15, 0.2) is 36.4 Å². The highest BCUT2D eigenvalue weighted by Gasteiger charge is 2.15. The summed E-state index contributed by atoms with van der Waals surface area (Å²) in [6, 6.07) is 9.80. The largest absolute Gasteiger partial charge is 0.455 e. The smallest absolute Gasteiger partial charge is 0.276 e. The van der Waals surface area contributed by atoms with Gasteiger partial charge in [-0.15, -0.1) is 0 Å². The molecule has 0 bridgehead atoms. The van der Waals surface area contributed by atoms with E-state index in [-0.39, 0.29) is 11.7 Å². The van der Waals surface area contributed by atoms with Crippen molar-refractivity contribution in [2.24, 2.45) is 5.73 Å². The van der Waals surface area contributed by atoms with Crippen LogP contribution >= 0.6 is 11.6 Å². The van der Waals surface area contributed by atoms with Crippen LogP contribution in [-0.2, 0) is 0 Å². The van der Waals surface area contributed by atoms with Crippen LogP contribution in [0, 0.1) is 17.0 Å². The van der Waals surface area contributed by atoms with Crippen LogP contribution in [-0.4, -0.2) is 4.92 Å².